The maximum absolute atomic E-state index is 10.1. The molecule has 1 heterocycles. The summed E-state index contributed by atoms with van der Waals surface area (Å²) in [5.74, 6) is 1.42. The van der Waals surface area contributed by atoms with Crippen molar-refractivity contribution in [2.45, 2.75) is 51.7 Å². The third-order valence-corrected chi connectivity index (χ3v) is 6.13. The van der Waals surface area contributed by atoms with E-state index >= 15 is 0 Å². The van der Waals surface area contributed by atoms with E-state index in [-0.39, 0.29) is 6.61 Å². The Hall–Kier alpha value is -2.32. The molecule has 2 aromatic rings. The molecule has 1 fully saturated rings. The van der Waals surface area contributed by atoms with Crippen molar-refractivity contribution in [3.63, 3.8) is 0 Å². The van der Waals surface area contributed by atoms with Crippen LogP contribution in [0.1, 0.15) is 39.5 Å². The van der Waals surface area contributed by atoms with E-state index in [1.165, 1.54) is 31.5 Å². The van der Waals surface area contributed by atoms with Crippen molar-refractivity contribution in [1.82, 2.24) is 15.8 Å². The number of nitrogens with zero attached hydrogens (tertiary/aromatic N) is 2. The molecule has 2 aromatic carbocycles. The zero-order valence-electron chi connectivity index (χ0n) is 21.5. The Kier molecular flexibility index (Phi) is 12.2. The van der Waals surface area contributed by atoms with Gasteiger partial charge in [0.05, 0.1) is 6.61 Å². The highest BCUT2D eigenvalue weighted by molar-refractivity contribution is 5.46. The monoisotopic (exact) mass is 484 g/mol. The third kappa shape index (κ3) is 10.4. The molecule has 3 N–H and O–H groups in total. The summed E-state index contributed by atoms with van der Waals surface area (Å²) in [5.41, 5.74) is 7.41. The molecule has 194 valence electrons. The fraction of sp³-hybridized carbons (Fsp3) is 0.571. The fourth-order valence-electron chi connectivity index (χ4n) is 4.16. The number of piperazine rings is 1. The van der Waals surface area contributed by atoms with Crippen LogP contribution in [0.2, 0.25) is 0 Å². The molecule has 1 saturated heterocycles. The zero-order chi connectivity index (χ0) is 24.7. The van der Waals surface area contributed by atoms with Crippen molar-refractivity contribution < 1.29 is 14.6 Å². The van der Waals surface area contributed by atoms with Crippen LogP contribution in [0.15, 0.2) is 54.6 Å². The molecule has 0 bridgehead atoms. The van der Waals surface area contributed by atoms with Crippen molar-refractivity contribution in [3.05, 3.63) is 54.6 Å². The molecular formula is C28H44N4O3. The smallest absolute Gasteiger partial charge is 0.161 e. The highest BCUT2D eigenvalue weighted by atomic mass is 16.5. The highest BCUT2D eigenvalue weighted by Gasteiger charge is 2.16. The maximum Gasteiger partial charge on any atom is 0.161 e. The van der Waals surface area contributed by atoms with Gasteiger partial charge in [0.1, 0.15) is 12.7 Å². The molecule has 0 radical (unpaired) electrons. The quantitative estimate of drug-likeness (QED) is 0.248. The standard InChI is InChI=1S/C28H44N4O3/c1-24(2)30-29-22-26(33)23-35-28-15-9-8-14-27(28)34-21-11-4-3-10-16-31-17-19-32(20-18-31)25-12-6-5-7-13-25/h5-9,12-15,24,26,29-30,33H,3-4,10-11,16-23H2,1-2H3/t26-/m0/s1. The molecule has 35 heavy (non-hydrogen) atoms. The van der Waals surface area contributed by atoms with Crippen molar-refractivity contribution in [2.75, 3.05) is 57.4 Å². The highest BCUT2D eigenvalue weighted by Crippen LogP contribution is 2.26. The van der Waals surface area contributed by atoms with Gasteiger partial charge in [-0.1, -0.05) is 43.2 Å². The van der Waals surface area contributed by atoms with Gasteiger partial charge >= 0.3 is 0 Å². The Morgan fingerprint density at radius 1 is 0.829 bits per heavy atom. The molecule has 0 spiro atoms. The topological polar surface area (TPSA) is 69.2 Å². The van der Waals surface area contributed by atoms with Crippen molar-refractivity contribution in [2.24, 2.45) is 0 Å². The second-order valence-electron chi connectivity index (χ2n) is 9.52. The van der Waals surface area contributed by atoms with Gasteiger partial charge in [-0.2, -0.15) is 0 Å². The third-order valence-electron chi connectivity index (χ3n) is 6.13. The minimum absolute atomic E-state index is 0.215. The van der Waals surface area contributed by atoms with Crippen molar-refractivity contribution >= 4 is 5.69 Å². The summed E-state index contributed by atoms with van der Waals surface area (Å²) in [4.78, 5) is 5.07. The van der Waals surface area contributed by atoms with Gasteiger partial charge in [-0.25, -0.2) is 0 Å². The molecule has 0 aliphatic carbocycles. The van der Waals surface area contributed by atoms with E-state index in [2.05, 4.69) is 51.0 Å². The minimum Gasteiger partial charge on any atom is -0.490 e. The summed E-state index contributed by atoms with van der Waals surface area (Å²) in [6, 6.07) is 18.7. The van der Waals surface area contributed by atoms with Gasteiger partial charge in [0.2, 0.25) is 0 Å². The largest absolute Gasteiger partial charge is 0.490 e. The summed E-state index contributed by atoms with van der Waals surface area (Å²) in [7, 11) is 0. The lowest BCUT2D eigenvalue weighted by Gasteiger charge is -2.36. The lowest BCUT2D eigenvalue weighted by molar-refractivity contribution is 0.0997. The van der Waals surface area contributed by atoms with E-state index in [1.54, 1.807) is 0 Å². The van der Waals surface area contributed by atoms with E-state index in [0.29, 0.717) is 24.9 Å². The van der Waals surface area contributed by atoms with Crippen molar-refractivity contribution in [1.29, 1.82) is 0 Å². The van der Waals surface area contributed by atoms with Crippen LogP contribution in [0.25, 0.3) is 0 Å². The predicted molar refractivity (Wildman–Crippen MR) is 143 cm³/mol. The second kappa shape index (κ2) is 15.6. The van der Waals surface area contributed by atoms with Crippen LogP contribution in [0.5, 0.6) is 11.5 Å². The number of rotatable bonds is 16. The number of para-hydroxylation sites is 3. The number of benzene rings is 2. The molecule has 0 saturated carbocycles. The molecule has 1 aliphatic rings. The summed E-state index contributed by atoms with van der Waals surface area (Å²) < 4.78 is 11.8. The van der Waals surface area contributed by atoms with Gasteiger partial charge < -0.3 is 19.5 Å². The fourth-order valence-corrected chi connectivity index (χ4v) is 4.16. The van der Waals surface area contributed by atoms with Gasteiger partial charge in [-0.15, -0.1) is 0 Å². The minimum atomic E-state index is -0.601. The Balaban J connectivity index is 1.23. The number of unbranched alkanes of at least 4 members (excludes halogenated alkanes) is 3. The van der Waals surface area contributed by atoms with Crippen LogP contribution in [-0.2, 0) is 0 Å². The van der Waals surface area contributed by atoms with Crippen LogP contribution >= 0.6 is 0 Å². The van der Waals surface area contributed by atoms with E-state index in [9.17, 15) is 5.11 Å². The normalized spacial score (nSPS) is 15.4. The number of hydrogen-bond acceptors (Lipinski definition) is 7. The van der Waals surface area contributed by atoms with Crippen LogP contribution in [0.4, 0.5) is 5.69 Å². The SMILES string of the molecule is CC(C)NNC[C@H](O)COc1ccccc1OCCCCCCN1CCN(c2ccccc2)CC1. The van der Waals surface area contributed by atoms with E-state index < -0.39 is 6.10 Å². The van der Waals surface area contributed by atoms with E-state index in [4.69, 9.17) is 9.47 Å². The Morgan fingerprint density at radius 3 is 2.20 bits per heavy atom. The first-order valence-electron chi connectivity index (χ1n) is 13.2. The number of nitrogens with one attached hydrogen (secondary N) is 2. The van der Waals surface area contributed by atoms with E-state index in [1.807, 2.05) is 38.1 Å². The number of hydrazine groups is 1. The van der Waals surface area contributed by atoms with E-state index in [0.717, 1.165) is 38.3 Å². The maximum atomic E-state index is 10.1. The van der Waals surface area contributed by atoms with Gasteiger partial charge in [-0.3, -0.25) is 15.8 Å². The van der Waals surface area contributed by atoms with Gasteiger partial charge in [0.15, 0.2) is 11.5 Å². The molecule has 0 amide bonds. The number of ether oxygens (including phenoxy) is 2. The van der Waals surface area contributed by atoms with Gasteiger partial charge in [-0.05, 0) is 57.5 Å². The lowest BCUT2D eigenvalue weighted by Crippen LogP contribution is -2.46. The Labute approximate surface area is 211 Å². The molecule has 0 aromatic heterocycles. The molecule has 7 heteroatoms. The first kappa shape index (κ1) is 27.3. The molecule has 3 rings (SSSR count). The molecule has 0 unspecified atom stereocenters. The lowest BCUT2D eigenvalue weighted by atomic mass is 10.2. The molecular weight excluding hydrogens is 440 g/mol. The van der Waals surface area contributed by atoms with Gasteiger partial charge in [0, 0.05) is 44.5 Å². The first-order valence-corrected chi connectivity index (χ1v) is 13.2. The summed E-state index contributed by atoms with van der Waals surface area (Å²) in [6.07, 6.45) is 4.06. The molecule has 1 aliphatic heterocycles. The number of hydrogen-bond donors (Lipinski definition) is 3. The molecule has 1 atom stereocenters. The second-order valence-corrected chi connectivity index (χ2v) is 9.52. The Morgan fingerprint density at radius 2 is 1.49 bits per heavy atom. The summed E-state index contributed by atoms with van der Waals surface area (Å²) in [6.45, 7) is 11.1. The van der Waals surface area contributed by atoms with Gasteiger partial charge in [0.25, 0.3) is 0 Å². The number of aliphatic hydroxyl groups is 1. The summed E-state index contributed by atoms with van der Waals surface area (Å²) in [5, 5.41) is 10.1. The number of aliphatic hydroxyl groups excluding tert-OH is 1. The Bertz CT molecular complexity index is 813. The van der Waals surface area contributed by atoms with Crippen molar-refractivity contribution in [3.8, 4) is 11.5 Å². The van der Waals surface area contributed by atoms with Crippen LogP contribution in [-0.4, -0.2) is 74.6 Å². The van der Waals surface area contributed by atoms with Crippen LogP contribution in [0.3, 0.4) is 0 Å². The molecule has 7 nitrogen and oxygen atoms in total. The first-order chi connectivity index (χ1) is 17.1. The average Bonchev–Trinajstić information content (AvgIpc) is 2.88. The predicted octanol–water partition coefficient (Wildman–Crippen LogP) is 3.69. The number of anilines is 1. The van der Waals surface area contributed by atoms with Crippen LogP contribution in [0, 0.1) is 0 Å². The zero-order valence-corrected chi connectivity index (χ0v) is 21.5. The average molecular weight is 485 g/mol. The van der Waals surface area contributed by atoms with Crippen LogP contribution < -0.4 is 25.2 Å². The summed E-state index contributed by atoms with van der Waals surface area (Å²) >= 11 is 0.